The van der Waals surface area contributed by atoms with Crippen LogP contribution in [0.3, 0.4) is 0 Å². The molecule has 18 heavy (non-hydrogen) atoms. The maximum absolute atomic E-state index is 11.4. The number of carbonyl (C=O) groups is 1. The average Bonchev–Trinajstić information content (AvgIpc) is 2.40. The Balaban J connectivity index is 1.70. The van der Waals surface area contributed by atoms with Gasteiger partial charge in [0.05, 0.1) is 18.9 Å². The van der Waals surface area contributed by atoms with Crippen molar-refractivity contribution < 1.29 is 9.53 Å². The van der Waals surface area contributed by atoms with E-state index in [0.29, 0.717) is 11.8 Å². The van der Waals surface area contributed by atoms with Gasteiger partial charge in [-0.1, -0.05) is 12.1 Å². The Bertz CT molecular complexity index is 495. The number of benzene rings is 1. The molecule has 1 fully saturated rings. The second kappa shape index (κ2) is 4.69. The summed E-state index contributed by atoms with van der Waals surface area (Å²) in [5, 5.41) is 0.400. The van der Waals surface area contributed by atoms with Gasteiger partial charge in [0.15, 0.2) is 0 Å². The highest BCUT2D eigenvalue weighted by Gasteiger charge is 2.37. The monoisotopic (exact) mass is 261 g/mol. The number of hydrogen-bond donors (Lipinski definition) is 0. The number of thioether (sulfide) groups is 1. The Labute approximate surface area is 111 Å². The van der Waals surface area contributed by atoms with Gasteiger partial charge in [-0.05, 0) is 29.7 Å². The van der Waals surface area contributed by atoms with Crippen LogP contribution in [0.25, 0.3) is 0 Å². The van der Waals surface area contributed by atoms with Crippen molar-refractivity contribution in [2.45, 2.75) is 18.2 Å². The van der Waals surface area contributed by atoms with Crippen LogP contribution in [0.1, 0.15) is 12.0 Å². The summed E-state index contributed by atoms with van der Waals surface area (Å²) in [6.45, 7) is 0. The van der Waals surface area contributed by atoms with Crippen LogP contribution in [0.4, 0.5) is 0 Å². The normalized spacial score (nSPS) is 22.1. The van der Waals surface area contributed by atoms with Gasteiger partial charge in [0, 0.05) is 12.0 Å². The summed E-state index contributed by atoms with van der Waals surface area (Å²) in [4.78, 5) is 13.3. The molecule has 0 spiro atoms. The predicted molar refractivity (Wildman–Crippen MR) is 72.5 cm³/mol. The van der Waals surface area contributed by atoms with E-state index in [1.165, 1.54) is 11.1 Å². The summed E-state index contributed by atoms with van der Waals surface area (Å²) in [7, 11) is 1.67. The number of β-lactam (4-membered cyclic amide) rings is 1. The van der Waals surface area contributed by atoms with Crippen LogP contribution in [0.2, 0.25) is 0 Å². The maximum atomic E-state index is 11.4. The van der Waals surface area contributed by atoms with Gasteiger partial charge in [0.2, 0.25) is 5.91 Å². The highest BCUT2D eigenvalue weighted by Crippen LogP contribution is 2.36. The number of hydrogen-bond acceptors (Lipinski definition) is 3. The minimum atomic E-state index is 0.249. The zero-order chi connectivity index (χ0) is 12.5. The van der Waals surface area contributed by atoms with E-state index in [1.807, 2.05) is 35.0 Å². The van der Waals surface area contributed by atoms with E-state index in [4.69, 9.17) is 4.74 Å². The first kappa shape index (κ1) is 11.7. The fourth-order valence-electron chi connectivity index (χ4n) is 2.24. The number of fused-ring (bicyclic) bond motifs is 1. The van der Waals surface area contributed by atoms with E-state index in [1.54, 1.807) is 7.11 Å². The summed E-state index contributed by atoms with van der Waals surface area (Å²) in [5.41, 5.74) is 2.57. The number of rotatable bonds is 3. The van der Waals surface area contributed by atoms with Gasteiger partial charge >= 0.3 is 0 Å². The molecule has 4 heteroatoms. The van der Waals surface area contributed by atoms with E-state index in [2.05, 4.69) is 12.1 Å². The minimum absolute atomic E-state index is 0.249. The molecule has 1 unspecified atom stereocenters. The molecule has 3 rings (SSSR count). The zero-order valence-corrected chi connectivity index (χ0v) is 11.1. The van der Waals surface area contributed by atoms with Crippen molar-refractivity contribution in [2.75, 3.05) is 12.9 Å². The first-order chi connectivity index (χ1) is 8.76. The third-order valence-corrected chi connectivity index (χ3v) is 4.64. The van der Waals surface area contributed by atoms with Crippen molar-refractivity contribution in [3.05, 3.63) is 41.6 Å². The Hall–Kier alpha value is -1.42. The van der Waals surface area contributed by atoms with Crippen LogP contribution >= 0.6 is 11.8 Å². The lowest BCUT2D eigenvalue weighted by Gasteiger charge is -2.41. The number of nitrogens with zero attached hydrogens (tertiary/aromatic N) is 1. The fraction of sp³-hybridized carbons (Fsp3) is 0.357. The van der Waals surface area contributed by atoms with Crippen molar-refractivity contribution in [3.8, 4) is 5.75 Å². The molecule has 1 amide bonds. The summed E-state index contributed by atoms with van der Waals surface area (Å²) in [6, 6.07) is 8.11. The average molecular weight is 261 g/mol. The third-order valence-electron chi connectivity index (χ3n) is 3.32. The second-order valence-electron chi connectivity index (χ2n) is 4.58. The largest absolute Gasteiger partial charge is 0.497 e. The third kappa shape index (κ3) is 2.12. The van der Waals surface area contributed by atoms with Crippen LogP contribution < -0.4 is 4.74 Å². The Morgan fingerprint density at radius 3 is 2.83 bits per heavy atom. The number of carbonyl (C=O) groups excluding carboxylic acids is 1. The standard InChI is InChI=1S/C14H15NO2S/c1-17-12-4-2-10(3-5-12)6-11-8-15-13(16)7-14(15)18-9-11/h2-5,8,14H,6-7,9H2,1H3. The van der Waals surface area contributed by atoms with Gasteiger partial charge in [-0.3, -0.25) is 4.79 Å². The summed E-state index contributed by atoms with van der Waals surface area (Å²) in [6.07, 6.45) is 3.65. The first-order valence-electron chi connectivity index (χ1n) is 6.01. The van der Waals surface area contributed by atoms with Crippen molar-refractivity contribution >= 4 is 17.7 Å². The molecule has 94 valence electrons. The lowest BCUT2D eigenvalue weighted by atomic mass is 10.1. The molecule has 0 aromatic heterocycles. The summed E-state index contributed by atoms with van der Waals surface area (Å²) >= 11 is 1.86. The Morgan fingerprint density at radius 2 is 2.17 bits per heavy atom. The molecule has 3 nitrogen and oxygen atoms in total. The molecule has 2 aliphatic rings. The van der Waals surface area contributed by atoms with Crippen LogP contribution in [0.15, 0.2) is 36.0 Å². The van der Waals surface area contributed by atoms with Crippen molar-refractivity contribution in [1.82, 2.24) is 4.90 Å². The first-order valence-corrected chi connectivity index (χ1v) is 7.06. The van der Waals surface area contributed by atoms with Gasteiger partial charge in [-0.15, -0.1) is 11.8 Å². The Kier molecular flexibility index (Phi) is 3.04. The van der Waals surface area contributed by atoms with Crippen LogP contribution in [-0.2, 0) is 11.2 Å². The van der Waals surface area contributed by atoms with Crippen LogP contribution in [0, 0.1) is 0 Å². The Morgan fingerprint density at radius 1 is 1.39 bits per heavy atom. The molecule has 1 saturated heterocycles. The van der Waals surface area contributed by atoms with E-state index in [0.717, 1.165) is 17.9 Å². The number of ether oxygens (including phenoxy) is 1. The lowest BCUT2D eigenvalue weighted by Crippen LogP contribution is -2.49. The molecular weight excluding hydrogens is 246 g/mol. The van der Waals surface area contributed by atoms with Gasteiger partial charge in [-0.25, -0.2) is 0 Å². The van der Waals surface area contributed by atoms with E-state index >= 15 is 0 Å². The molecule has 1 atom stereocenters. The second-order valence-corrected chi connectivity index (χ2v) is 5.75. The smallest absolute Gasteiger partial charge is 0.230 e. The molecule has 0 radical (unpaired) electrons. The van der Waals surface area contributed by atoms with Gasteiger partial charge in [0.25, 0.3) is 0 Å². The molecular formula is C14H15NO2S. The van der Waals surface area contributed by atoms with E-state index < -0.39 is 0 Å². The number of methoxy groups -OCH3 is 1. The summed E-state index contributed by atoms with van der Waals surface area (Å²) < 4.78 is 5.14. The lowest BCUT2D eigenvalue weighted by molar-refractivity contribution is -0.137. The molecule has 2 heterocycles. The van der Waals surface area contributed by atoms with E-state index in [-0.39, 0.29) is 5.91 Å². The van der Waals surface area contributed by atoms with Gasteiger partial charge < -0.3 is 9.64 Å². The molecule has 0 N–H and O–H groups in total. The van der Waals surface area contributed by atoms with Gasteiger partial charge in [0.1, 0.15) is 5.75 Å². The maximum Gasteiger partial charge on any atom is 0.230 e. The van der Waals surface area contributed by atoms with Crippen molar-refractivity contribution in [3.63, 3.8) is 0 Å². The molecule has 1 aromatic rings. The molecule has 0 aliphatic carbocycles. The van der Waals surface area contributed by atoms with Gasteiger partial charge in [-0.2, -0.15) is 0 Å². The van der Waals surface area contributed by atoms with Crippen molar-refractivity contribution in [1.29, 1.82) is 0 Å². The molecule has 0 bridgehead atoms. The number of amides is 1. The quantitative estimate of drug-likeness (QED) is 0.783. The molecule has 0 saturated carbocycles. The summed E-state index contributed by atoms with van der Waals surface area (Å²) in [5.74, 6) is 2.16. The zero-order valence-electron chi connectivity index (χ0n) is 10.3. The van der Waals surface area contributed by atoms with Crippen molar-refractivity contribution in [2.24, 2.45) is 0 Å². The van der Waals surface area contributed by atoms with Crippen LogP contribution in [-0.4, -0.2) is 29.0 Å². The highest BCUT2D eigenvalue weighted by atomic mass is 32.2. The minimum Gasteiger partial charge on any atom is -0.497 e. The predicted octanol–water partition coefficient (Wildman–Crippen LogP) is 2.43. The molecule has 1 aromatic carbocycles. The van der Waals surface area contributed by atoms with Crippen LogP contribution in [0.5, 0.6) is 5.75 Å². The SMILES string of the molecule is COc1ccc(CC2=CN3C(=O)CC3SC2)cc1. The highest BCUT2D eigenvalue weighted by molar-refractivity contribution is 8.00. The molecule has 2 aliphatic heterocycles. The topological polar surface area (TPSA) is 29.5 Å². The van der Waals surface area contributed by atoms with E-state index in [9.17, 15) is 4.79 Å². The fourth-order valence-corrected chi connectivity index (χ4v) is 3.42.